The molecule has 2 rings (SSSR count). The number of phenols is 1. The minimum atomic E-state index is -1.62. The molecular formula is C19H28O9. The highest BCUT2D eigenvalue weighted by molar-refractivity contribution is 5.93. The predicted octanol–water partition coefficient (Wildman–Crippen LogP) is 0.164. The largest absolute Gasteiger partial charge is 0.508 e. The van der Waals surface area contributed by atoms with Crippen molar-refractivity contribution >= 4 is 5.97 Å². The van der Waals surface area contributed by atoms with Gasteiger partial charge in [-0.15, -0.1) is 0 Å². The second-order valence-corrected chi connectivity index (χ2v) is 6.93. The van der Waals surface area contributed by atoms with Crippen LogP contribution in [0.1, 0.15) is 37.0 Å². The van der Waals surface area contributed by atoms with E-state index in [9.17, 15) is 30.3 Å². The zero-order valence-corrected chi connectivity index (χ0v) is 15.9. The van der Waals surface area contributed by atoms with E-state index in [1.165, 1.54) is 12.1 Å². The van der Waals surface area contributed by atoms with E-state index in [4.69, 9.17) is 14.2 Å². The van der Waals surface area contributed by atoms with Crippen LogP contribution in [0.3, 0.4) is 0 Å². The highest BCUT2D eigenvalue weighted by atomic mass is 16.7. The van der Waals surface area contributed by atoms with Crippen LogP contribution >= 0.6 is 0 Å². The van der Waals surface area contributed by atoms with Gasteiger partial charge >= 0.3 is 5.97 Å². The van der Waals surface area contributed by atoms with E-state index in [-0.39, 0.29) is 23.7 Å². The number of phenolic OH excluding ortho intramolecular Hbond substituents is 1. The molecule has 9 nitrogen and oxygen atoms in total. The van der Waals surface area contributed by atoms with E-state index in [0.29, 0.717) is 12.3 Å². The number of hydrogen-bond acceptors (Lipinski definition) is 9. The standard InChI is InChI=1S/C19H28O9/c1-3-10(2)6-7-26-18(25)12-8-11(21)4-5-13(12)27-19-17(24)16(23)15(22)14(9-20)28-19/h4-5,8,10,14-17,19-24H,3,6-7,9H2,1-2H3/t10?,14-,15-,16+,17-,19-/m1/s1. The molecular weight excluding hydrogens is 372 g/mol. The molecule has 0 spiro atoms. The molecule has 1 aliphatic rings. The van der Waals surface area contributed by atoms with E-state index in [0.717, 1.165) is 12.5 Å². The summed E-state index contributed by atoms with van der Waals surface area (Å²) < 4.78 is 16.0. The number of carbonyl (C=O) groups excluding carboxylic acids is 1. The fraction of sp³-hybridized carbons (Fsp3) is 0.632. The van der Waals surface area contributed by atoms with Gasteiger partial charge in [0.15, 0.2) is 0 Å². The first-order valence-electron chi connectivity index (χ1n) is 9.25. The summed E-state index contributed by atoms with van der Waals surface area (Å²) in [7, 11) is 0. The van der Waals surface area contributed by atoms with Gasteiger partial charge < -0.3 is 39.7 Å². The molecule has 1 aromatic carbocycles. The first kappa shape index (κ1) is 22.4. The first-order chi connectivity index (χ1) is 13.3. The van der Waals surface area contributed by atoms with Gasteiger partial charge in [0.25, 0.3) is 0 Å². The van der Waals surface area contributed by atoms with Crippen molar-refractivity contribution in [3.8, 4) is 11.5 Å². The summed E-state index contributed by atoms with van der Waals surface area (Å²) >= 11 is 0. The Morgan fingerprint density at radius 3 is 2.57 bits per heavy atom. The van der Waals surface area contributed by atoms with Crippen molar-refractivity contribution < 1.29 is 44.5 Å². The Balaban J connectivity index is 2.14. The highest BCUT2D eigenvalue weighted by Gasteiger charge is 2.45. The number of aliphatic hydroxyl groups is 4. The second-order valence-electron chi connectivity index (χ2n) is 6.93. The lowest BCUT2D eigenvalue weighted by Gasteiger charge is -2.39. The third-order valence-electron chi connectivity index (χ3n) is 4.82. The molecule has 0 saturated carbocycles. The fourth-order valence-electron chi connectivity index (χ4n) is 2.70. The number of aliphatic hydroxyl groups excluding tert-OH is 4. The van der Waals surface area contributed by atoms with Crippen molar-refractivity contribution in [2.45, 2.75) is 57.4 Å². The van der Waals surface area contributed by atoms with Crippen molar-refractivity contribution in [3.63, 3.8) is 0 Å². The summed E-state index contributed by atoms with van der Waals surface area (Å²) in [5.74, 6) is -0.564. The van der Waals surface area contributed by atoms with Crippen LogP contribution in [0.5, 0.6) is 11.5 Å². The lowest BCUT2D eigenvalue weighted by molar-refractivity contribution is -0.277. The van der Waals surface area contributed by atoms with Crippen LogP contribution in [0.25, 0.3) is 0 Å². The lowest BCUT2D eigenvalue weighted by atomic mass is 9.99. The Kier molecular flexibility index (Phi) is 8.02. The number of benzene rings is 1. The van der Waals surface area contributed by atoms with E-state index in [1.54, 1.807) is 0 Å². The van der Waals surface area contributed by atoms with E-state index in [2.05, 4.69) is 0 Å². The Hall–Kier alpha value is -1.91. The maximum Gasteiger partial charge on any atom is 0.342 e. The van der Waals surface area contributed by atoms with Crippen LogP contribution in [0.2, 0.25) is 0 Å². The monoisotopic (exact) mass is 400 g/mol. The number of carbonyl (C=O) groups is 1. The highest BCUT2D eigenvalue weighted by Crippen LogP contribution is 2.29. The Morgan fingerprint density at radius 1 is 1.21 bits per heavy atom. The molecule has 1 fully saturated rings. The van der Waals surface area contributed by atoms with Crippen LogP contribution in [-0.4, -0.2) is 75.4 Å². The molecule has 0 radical (unpaired) electrons. The molecule has 0 aromatic heterocycles. The second kappa shape index (κ2) is 10.0. The Morgan fingerprint density at radius 2 is 1.93 bits per heavy atom. The third kappa shape index (κ3) is 5.33. The molecule has 28 heavy (non-hydrogen) atoms. The van der Waals surface area contributed by atoms with Crippen molar-refractivity contribution in [2.75, 3.05) is 13.2 Å². The third-order valence-corrected chi connectivity index (χ3v) is 4.82. The molecule has 1 saturated heterocycles. The molecule has 0 bridgehead atoms. The minimum Gasteiger partial charge on any atom is -0.508 e. The molecule has 0 aliphatic carbocycles. The topological polar surface area (TPSA) is 146 Å². The molecule has 1 heterocycles. The number of hydrogen-bond donors (Lipinski definition) is 5. The molecule has 1 unspecified atom stereocenters. The maximum absolute atomic E-state index is 12.4. The fourth-order valence-corrected chi connectivity index (χ4v) is 2.70. The molecule has 9 heteroatoms. The smallest absolute Gasteiger partial charge is 0.342 e. The molecule has 1 aromatic rings. The van der Waals surface area contributed by atoms with Gasteiger partial charge in [0.05, 0.1) is 13.2 Å². The average Bonchev–Trinajstić information content (AvgIpc) is 2.69. The van der Waals surface area contributed by atoms with Crippen LogP contribution in [0.15, 0.2) is 18.2 Å². The van der Waals surface area contributed by atoms with Gasteiger partial charge in [0, 0.05) is 0 Å². The minimum absolute atomic E-state index is 0.0457. The summed E-state index contributed by atoms with van der Waals surface area (Å²) in [6, 6.07) is 3.72. The van der Waals surface area contributed by atoms with Crippen molar-refractivity contribution in [2.24, 2.45) is 5.92 Å². The maximum atomic E-state index is 12.4. The van der Waals surface area contributed by atoms with Gasteiger partial charge in [0.2, 0.25) is 6.29 Å². The van der Waals surface area contributed by atoms with Crippen LogP contribution in [-0.2, 0) is 9.47 Å². The number of aromatic hydroxyl groups is 1. The predicted molar refractivity (Wildman–Crippen MR) is 96.9 cm³/mol. The van der Waals surface area contributed by atoms with E-state index in [1.807, 2.05) is 13.8 Å². The van der Waals surface area contributed by atoms with Crippen LogP contribution in [0.4, 0.5) is 0 Å². The molecule has 158 valence electrons. The summed E-state index contributed by atoms with van der Waals surface area (Å²) in [4.78, 5) is 12.4. The quantitative estimate of drug-likeness (QED) is 0.385. The average molecular weight is 400 g/mol. The number of ether oxygens (including phenoxy) is 3. The molecule has 0 amide bonds. The van der Waals surface area contributed by atoms with E-state index < -0.39 is 43.3 Å². The zero-order chi connectivity index (χ0) is 20.8. The summed E-state index contributed by atoms with van der Waals surface area (Å²) in [6.45, 7) is 3.66. The van der Waals surface area contributed by atoms with Gasteiger partial charge in [-0.25, -0.2) is 4.79 Å². The van der Waals surface area contributed by atoms with Gasteiger partial charge in [0.1, 0.15) is 41.5 Å². The Bertz CT molecular complexity index is 648. The van der Waals surface area contributed by atoms with Gasteiger partial charge in [-0.1, -0.05) is 20.3 Å². The van der Waals surface area contributed by atoms with Crippen LogP contribution < -0.4 is 4.74 Å². The lowest BCUT2D eigenvalue weighted by Crippen LogP contribution is -2.60. The summed E-state index contributed by atoms with van der Waals surface area (Å²) in [5, 5.41) is 48.7. The summed E-state index contributed by atoms with van der Waals surface area (Å²) in [6.07, 6.45) is -5.72. The molecule has 6 atom stereocenters. The van der Waals surface area contributed by atoms with Gasteiger partial charge in [-0.05, 0) is 30.5 Å². The first-order valence-corrected chi connectivity index (χ1v) is 9.25. The molecule has 5 N–H and O–H groups in total. The SMILES string of the molecule is CCC(C)CCOC(=O)c1cc(O)ccc1O[C@@H]1O[C@H](CO)[C@@H](O)[C@H](O)[C@H]1O. The van der Waals surface area contributed by atoms with Crippen LogP contribution in [0, 0.1) is 5.92 Å². The van der Waals surface area contributed by atoms with Crippen molar-refractivity contribution in [3.05, 3.63) is 23.8 Å². The number of esters is 1. The van der Waals surface area contributed by atoms with Crippen molar-refractivity contribution in [1.82, 2.24) is 0 Å². The zero-order valence-electron chi connectivity index (χ0n) is 15.9. The normalized spacial score (nSPS) is 28.6. The Labute approximate surface area is 163 Å². The van der Waals surface area contributed by atoms with Gasteiger partial charge in [-0.2, -0.15) is 0 Å². The van der Waals surface area contributed by atoms with Gasteiger partial charge in [-0.3, -0.25) is 0 Å². The summed E-state index contributed by atoms with van der Waals surface area (Å²) in [5.41, 5.74) is -0.0823. The van der Waals surface area contributed by atoms with Crippen molar-refractivity contribution in [1.29, 1.82) is 0 Å². The van der Waals surface area contributed by atoms with E-state index >= 15 is 0 Å². The number of rotatable bonds is 8. The molecule has 1 aliphatic heterocycles.